The second kappa shape index (κ2) is 5.61. The normalized spacial score (nSPS) is 29.7. The van der Waals surface area contributed by atoms with Gasteiger partial charge in [0.1, 0.15) is 0 Å². The Labute approximate surface area is 95.5 Å². The molecule has 4 N–H and O–H groups in total. The maximum Gasteiger partial charge on any atom is 0.336 e. The van der Waals surface area contributed by atoms with Gasteiger partial charge >= 0.3 is 5.97 Å². The third-order valence-electron chi connectivity index (χ3n) is 3.21. The van der Waals surface area contributed by atoms with Gasteiger partial charge in [0.05, 0.1) is 6.10 Å². The Hall–Kier alpha value is -0.650. The molecule has 16 heavy (non-hydrogen) atoms. The molecule has 0 bridgehead atoms. The lowest BCUT2D eigenvalue weighted by atomic mass is 9.86. The van der Waals surface area contributed by atoms with Crippen LogP contribution in [-0.4, -0.2) is 46.1 Å². The minimum atomic E-state index is -1.74. The summed E-state index contributed by atoms with van der Waals surface area (Å²) in [5, 5.41) is 30.8. The summed E-state index contributed by atoms with van der Waals surface area (Å²) in [4.78, 5) is 10.6. The third-order valence-corrected chi connectivity index (χ3v) is 3.21. The predicted octanol–water partition coefficient (Wildman–Crippen LogP) is -0.0373. The van der Waals surface area contributed by atoms with Crippen LogP contribution in [0.1, 0.15) is 32.6 Å². The highest BCUT2D eigenvalue weighted by atomic mass is 16.4. The second-order valence-corrected chi connectivity index (χ2v) is 4.82. The van der Waals surface area contributed by atoms with Crippen molar-refractivity contribution in [3.8, 4) is 0 Å². The van der Waals surface area contributed by atoms with Crippen molar-refractivity contribution >= 4 is 5.97 Å². The summed E-state index contributed by atoms with van der Waals surface area (Å²) in [5.41, 5.74) is -1.74. The van der Waals surface area contributed by atoms with E-state index < -0.39 is 11.6 Å². The largest absolute Gasteiger partial charge is 0.479 e. The molecule has 0 aromatic heterocycles. The fourth-order valence-corrected chi connectivity index (χ4v) is 2.00. The number of aliphatic carboxylic acids is 1. The van der Waals surface area contributed by atoms with E-state index in [0.29, 0.717) is 6.54 Å². The third kappa shape index (κ3) is 3.73. The van der Waals surface area contributed by atoms with E-state index in [2.05, 4.69) is 5.32 Å². The van der Waals surface area contributed by atoms with Gasteiger partial charge < -0.3 is 20.6 Å². The van der Waals surface area contributed by atoms with Gasteiger partial charge in [-0.15, -0.1) is 0 Å². The number of hydrogen-bond donors (Lipinski definition) is 4. The molecule has 94 valence electrons. The summed E-state index contributed by atoms with van der Waals surface area (Å²) < 4.78 is 0. The van der Waals surface area contributed by atoms with Crippen LogP contribution in [0.25, 0.3) is 0 Å². The topological polar surface area (TPSA) is 89.8 Å². The molecule has 1 fully saturated rings. The van der Waals surface area contributed by atoms with Crippen LogP contribution < -0.4 is 5.32 Å². The summed E-state index contributed by atoms with van der Waals surface area (Å²) in [6.45, 7) is 1.83. The van der Waals surface area contributed by atoms with Crippen molar-refractivity contribution in [2.75, 3.05) is 13.1 Å². The SMILES string of the molecule is CC(O)(CNCC1CCCCC1O)C(=O)O. The minimum Gasteiger partial charge on any atom is -0.479 e. The van der Waals surface area contributed by atoms with Crippen LogP contribution in [0.15, 0.2) is 0 Å². The molecule has 1 aliphatic rings. The molecule has 5 heteroatoms. The van der Waals surface area contributed by atoms with Gasteiger partial charge in [-0.2, -0.15) is 0 Å². The molecule has 0 aromatic rings. The zero-order chi connectivity index (χ0) is 12.2. The zero-order valence-electron chi connectivity index (χ0n) is 9.65. The number of carboxylic acids is 1. The first-order valence-corrected chi connectivity index (χ1v) is 5.78. The van der Waals surface area contributed by atoms with E-state index in [1.807, 2.05) is 0 Å². The van der Waals surface area contributed by atoms with Gasteiger partial charge in [-0.3, -0.25) is 0 Å². The first-order chi connectivity index (χ1) is 7.43. The van der Waals surface area contributed by atoms with E-state index in [4.69, 9.17) is 5.11 Å². The molecule has 0 aliphatic heterocycles. The molecule has 0 aromatic carbocycles. The van der Waals surface area contributed by atoms with E-state index in [9.17, 15) is 15.0 Å². The zero-order valence-corrected chi connectivity index (χ0v) is 9.65. The van der Waals surface area contributed by atoms with E-state index in [0.717, 1.165) is 25.7 Å². The Balaban J connectivity index is 2.26. The average Bonchev–Trinajstić information content (AvgIpc) is 2.20. The monoisotopic (exact) mass is 231 g/mol. The van der Waals surface area contributed by atoms with Crippen molar-refractivity contribution in [1.29, 1.82) is 0 Å². The van der Waals surface area contributed by atoms with Crippen LogP contribution in [-0.2, 0) is 4.79 Å². The van der Waals surface area contributed by atoms with Crippen LogP contribution in [0, 0.1) is 5.92 Å². The molecule has 1 aliphatic carbocycles. The fourth-order valence-electron chi connectivity index (χ4n) is 2.00. The molecule has 1 saturated carbocycles. The first-order valence-electron chi connectivity index (χ1n) is 5.78. The number of nitrogens with one attached hydrogen (secondary N) is 1. The molecule has 0 spiro atoms. The summed E-state index contributed by atoms with van der Waals surface area (Å²) in [6.07, 6.45) is 3.66. The number of aliphatic hydroxyl groups is 2. The Kier molecular flexibility index (Phi) is 4.70. The van der Waals surface area contributed by atoms with Gasteiger partial charge in [-0.25, -0.2) is 4.79 Å². The van der Waals surface area contributed by atoms with E-state index in [-0.39, 0.29) is 18.6 Å². The Morgan fingerprint density at radius 2 is 2.06 bits per heavy atom. The second-order valence-electron chi connectivity index (χ2n) is 4.82. The standard InChI is InChI=1S/C11H21NO4/c1-11(16,10(14)15)7-12-6-8-4-2-3-5-9(8)13/h8-9,12-13,16H,2-7H2,1H3,(H,14,15). The summed E-state index contributed by atoms with van der Waals surface area (Å²) >= 11 is 0. The smallest absolute Gasteiger partial charge is 0.336 e. The Morgan fingerprint density at radius 1 is 1.44 bits per heavy atom. The number of hydrogen-bond acceptors (Lipinski definition) is 4. The molecule has 0 radical (unpaired) electrons. The lowest BCUT2D eigenvalue weighted by Crippen LogP contribution is -2.47. The van der Waals surface area contributed by atoms with Gasteiger partial charge in [-0.05, 0) is 25.7 Å². The maximum atomic E-state index is 10.6. The molecule has 5 nitrogen and oxygen atoms in total. The maximum absolute atomic E-state index is 10.6. The summed E-state index contributed by atoms with van der Waals surface area (Å²) in [7, 11) is 0. The Bertz CT molecular complexity index is 242. The molecule has 0 heterocycles. The lowest BCUT2D eigenvalue weighted by Gasteiger charge is -2.28. The van der Waals surface area contributed by atoms with Crippen LogP contribution in [0.5, 0.6) is 0 Å². The molecular weight excluding hydrogens is 210 g/mol. The summed E-state index contributed by atoms with van der Waals surface area (Å²) in [6, 6.07) is 0. The van der Waals surface area contributed by atoms with Crippen molar-refractivity contribution in [1.82, 2.24) is 5.32 Å². The number of carboxylic acid groups (broad SMARTS) is 1. The van der Waals surface area contributed by atoms with Crippen LogP contribution in [0.2, 0.25) is 0 Å². The van der Waals surface area contributed by atoms with Gasteiger partial charge in [0.25, 0.3) is 0 Å². The highest BCUT2D eigenvalue weighted by Gasteiger charge is 2.30. The number of rotatable bonds is 5. The van der Waals surface area contributed by atoms with Crippen molar-refractivity contribution < 1.29 is 20.1 Å². The molecule has 3 unspecified atom stereocenters. The van der Waals surface area contributed by atoms with Gasteiger partial charge in [0, 0.05) is 13.1 Å². The molecule has 3 atom stereocenters. The van der Waals surface area contributed by atoms with Crippen molar-refractivity contribution in [2.24, 2.45) is 5.92 Å². The van der Waals surface area contributed by atoms with Gasteiger partial charge in [0.15, 0.2) is 5.60 Å². The van der Waals surface area contributed by atoms with Crippen LogP contribution >= 0.6 is 0 Å². The van der Waals surface area contributed by atoms with Crippen molar-refractivity contribution in [3.05, 3.63) is 0 Å². The van der Waals surface area contributed by atoms with Crippen LogP contribution in [0.4, 0.5) is 0 Å². The van der Waals surface area contributed by atoms with E-state index >= 15 is 0 Å². The van der Waals surface area contributed by atoms with Crippen LogP contribution in [0.3, 0.4) is 0 Å². The van der Waals surface area contributed by atoms with Crippen molar-refractivity contribution in [2.45, 2.75) is 44.3 Å². The molecule has 1 rings (SSSR count). The molecule has 0 amide bonds. The molecule has 0 saturated heterocycles. The highest BCUT2D eigenvalue weighted by Crippen LogP contribution is 2.23. The average molecular weight is 231 g/mol. The molecular formula is C11H21NO4. The highest BCUT2D eigenvalue weighted by molar-refractivity contribution is 5.76. The van der Waals surface area contributed by atoms with Gasteiger partial charge in [-0.1, -0.05) is 12.8 Å². The quantitative estimate of drug-likeness (QED) is 0.533. The number of carbonyl (C=O) groups is 1. The van der Waals surface area contributed by atoms with Gasteiger partial charge in [0.2, 0.25) is 0 Å². The predicted molar refractivity (Wildman–Crippen MR) is 59.1 cm³/mol. The fraction of sp³-hybridized carbons (Fsp3) is 0.909. The first kappa shape index (κ1) is 13.4. The lowest BCUT2D eigenvalue weighted by molar-refractivity contribution is -0.156. The van der Waals surface area contributed by atoms with Crippen molar-refractivity contribution in [3.63, 3.8) is 0 Å². The van der Waals surface area contributed by atoms with E-state index in [1.54, 1.807) is 0 Å². The Morgan fingerprint density at radius 3 is 2.62 bits per heavy atom. The minimum absolute atomic E-state index is 0.00551. The number of aliphatic hydroxyl groups excluding tert-OH is 1. The van der Waals surface area contributed by atoms with E-state index in [1.165, 1.54) is 6.92 Å². The summed E-state index contributed by atoms with van der Waals surface area (Å²) in [5.74, 6) is -1.05.